The van der Waals surface area contributed by atoms with Crippen LogP contribution in [0.2, 0.25) is 0 Å². The number of unbranched alkanes of at least 4 members (excludes halogenated alkanes) is 22. The van der Waals surface area contributed by atoms with E-state index in [0.717, 1.165) is 32.1 Å². The van der Waals surface area contributed by atoms with Crippen LogP contribution in [0.15, 0.2) is 0 Å². The minimum absolute atomic E-state index is 0.0933. The molecular formula is C37H77NO7P+. The third-order valence-electron chi connectivity index (χ3n) is 8.42. The number of rotatable bonds is 36. The quantitative estimate of drug-likeness (QED) is 0.0305. The first-order valence-electron chi connectivity index (χ1n) is 19.3. The highest BCUT2D eigenvalue weighted by Crippen LogP contribution is 2.43. The molecule has 0 fully saturated rings. The number of esters is 1. The molecule has 46 heavy (non-hydrogen) atoms. The van der Waals surface area contributed by atoms with Crippen molar-refractivity contribution < 1.29 is 37.3 Å². The minimum Gasteiger partial charge on any atom is -0.457 e. The molecule has 0 aliphatic rings. The third-order valence-corrected chi connectivity index (χ3v) is 9.40. The monoisotopic (exact) mass is 679 g/mol. The van der Waals surface area contributed by atoms with Crippen LogP contribution in [-0.2, 0) is 27.9 Å². The molecular weight excluding hydrogens is 601 g/mol. The second-order valence-corrected chi connectivity index (χ2v) is 15.8. The van der Waals surface area contributed by atoms with E-state index in [9.17, 15) is 14.3 Å². The van der Waals surface area contributed by atoms with Gasteiger partial charge in [-0.15, -0.1) is 0 Å². The molecule has 0 aliphatic carbocycles. The number of nitrogens with zero attached hydrogens (tertiary/aromatic N) is 1. The van der Waals surface area contributed by atoms with Crippen molar-refractivity contribution in [2.45, 2.75) is 180 Å². The Morgan fingerprint density at radius 3 is 1.43 bits per heavy atom. The van der Waals surface area contributed by atoms with Gasteiger partial charge in [0, 0.05) is 13.0 Å². The number of phosphoric acid groups is 1. The second kappa shape index (κ2) is 31.7. The molecule has 0 radical (unpaired) electrons. The smallest absolute Gasteiger partial charge is 0.457 e. The van der Waals surface area contributed by atoms with Crippen molar-refractivity contribution in [1.29, 1.82) is 0 Å². The fraction of sp³-hybridized carbons (Fsp3) is 0.973. The minimum atomic E-state index is -4.25. The maximum absolute atomic E-state index is 12.6. The summed E-state index contributed by atoms with van der Waals surface area (Å²) in [6.45, 7) is 5.63. The lowest BCUT2D eigenvalue weighted by atomic mass is 10.0. The average Bonchev–Trinajstić information content (AvgIpc) is 2.99. The van der Waals surface area contributed by atoms with E-state index in [1.54, 1.807) is 0 Å². The summed E-state index contributed by atoms with van der Waals surface area (Å²) >= 11 is 0. The van der Waals surface area contributed by atoms with Gasteiger partial charge in [-0.25, -0.2) is 4.57 Å². The molecule has 8 nitrogen and oxygen atoms in total. The van der Waals surface area contributed by atoms with Crippen molar-refractivity contribution in [2.24, 2.45) is 0 Å². The van der Waals surface area contributed by atoms with Gasteiger partial charge in [0.2, 0.25) is 0 Å². The maximum atomic E-state index is 12.6. The van der Waals surface area contributed by atoms with Crippen molar-refractivity contribution in [3.63, 3.8) is 0 Å². The van der Waals surface area contributed by atoms with Gasteiger partial charge in [-0.05, 0) is 12.8 Å². The molecule has 0 heterocycles. The van der Waals surface area contributed by atoms with Crippen LogP contribution in [-0.4, -0.2) is 75.6 Å². The molecule has 1 N–H and O–H groups in total. The largest absolute Gasteiger partial charge is 0.472 e. The fourth-order valence-corrected chi connectivity index (χ4v) is 6.12. The van der Waals surface area contributed by atoms with E-state index in [0.29, 0.717) is 24.1 Å². The molecule has 0 saturated heterocycles. The van der Waals surface area contributed by atoms with E-state index in [2.05, 4.69) is 13.8 Å². The molecule has 0 aromatic carbocycles. The highest BCUT2D eigenvalue weighted by atomic mass is 31.2. The first kappa shape index (κ1) is 45.5. The zero-order valence-electron chi connectivity index (χ0n) is 31.1. The normalized spacial score (nSPS) is 14.0. The van der Waals surface area contributed by atoms with E-state index in [1.807, 2.05) is 21.1 Å². The standard InChI is InChI=1S/C37H76NO7P/c1-6-8-10-12-14-16-17-18-19-20-21-23-25-27-29-32-42-34-36(35-44-46(40,41)43-33-31-38(3,4)5)45-37(39)30-28-26-24-22-15-13-11-9-7-2/h36H,6-35H2,1-5H3/p+1. The van der Waals surface area contributed by atoms with Crippen LogP contribution in [0.1, 0.15) is 174 Å². The Labute approximate surface area is 285 Å². The lowest BCUT2D eigenvalue weighted by Crippen LogP contribution is -2.37. The Hall–Kier alpha value is -0.500. The fourth-order valence-electron chi connectivity index (χ4n) is 5.38. The Morgan fingerprint density at radius 1 is 0.587 bits per heavy atom. The van der Waals surface area contributed by atoms with Gasteiger partial charge in [0.15, 0.2) is 0 Å². The SMILES string of the molecule is CCCCCCCCCCCCCCCCCOCC(COP(=O)(O)OCC[N+](C)(C)C)OC(=O)CCCCCCCCCCC. The molecule has 0 bridgehead atoms. The number of hydrogen-bond acceptors (Lipinski definition) is 6. The van der Waals surface area contributed by atoms with Gasteiger partial charge in [0.1, 0.15) is 19.3 Å². The molecule has 276 valence electrons. The van der Waals surface area contributed by atoms with Gasteiger partial charge >= 0.3 is 13.8 Å². The lowest BCUT2D eigenvalue weighted by molar-refractivity contribution is -0.870. The van der Waals surface area contributed by atoms with Gasteiger partial charge in [-0.2, -0.15) is 0 Å². The number of quaternary nitrogens is 1. The second-order valence-electron chi connectivity index (χ2n) is 14.3. The van der Waals surface area contributed by atoms with Crippen molar-refractivity contribution in [3.05, 3.63) is 0 Å². The van der Waals surface area contributed by atoms with Crippen molar-refractivity contribution in [1.82, 2.24) is 0 Å². The Bertz CT molecular complexity index is 716. The van der Waals surface area contributed by atoms with Gasteiger partial charge in [0.05, 0.1) is 34.4 Å². The summed E-state index contributed by atoms with van der Waals surface area (Å²) in [6.07, 6.45) is 29.8. The summed E-state index contributed by atoms with van der Waals surface area (Å²) in [7, 11) is 1.68. The molecule has 0 rings (SSSR count). The summed E-state index contributed by atoms with van der Waals surface area (Å²) in [5, 5.41) is 0. The molecule has 0 aliphatic heterocycles. The predicted molar refractivity (Wildman–Crippen MR) is 192 cm³/mol. The van der Waals surface area contributed by atoms with Crippen LogP contribution >= 0.6 is 7.82 Å². The number of ether oxygens (including phenoxy) is 2. The lowest BCUT2D eigenvalue weighted by Gasteiger charge is -2.24. The maximum Gasteiger partial charge on any atom is 0.472 e. The number of carbonyl (C=O) groups excluding carboxylic acids is 1. The van der Waals surface area contributed by atoms with E-state index in [4.69, 9.17) is 18.5 Å². The average molecular weight is 679 g/mol. The molecule has 9 heteroatoms. The van der Waals surface area contributed by atoms with Crippen molar-refractivity contribution >= 4 is 13.8 Å². The van der Waals surface area contributed by atoms with E-state index in [-0.39, 0.29) is 25.8 Å². The van der Waals surface area contributed by atoms with E-state index in [1.165, 1.54) is 122 Å². The van der Waals surface area contributed by atoms with Crippen molar-refractivity contribution in [2.75, 3.05) is 54.1 Å². The Kier molecular flexibility index (Phi) is 31.4. The van der Waals surface area contributed by atoms with Gasteiger partial charge < -0.3 is 18.9 Å². The third kappa shape index (κ3) is 34.8. The molecule has 0 amide bonds. The van der Waals surface area contributed by atoms with Crippen LogP contribution in [0.25, 0.3) is 0 Å². The van der Waals surface area contributed by atoms with Gasteiger partial charge in [0.25, 0.3) is 0 Å². The first-order chi connectivity index (χ1) is 22.1. The summed E-state index contributed by atoms with van der Waals surface area (Å²) in [5.74, 6) is -0.314. The molecule has 0 saturated carbocycles. The zero-order chi connectivity index (χ0) is 34.2. The molecule has 0 aromatic rings. The predicted octanol–water partition coefficient (Wildman–Crippen LogP) is 10.5. The number of phosphoric ester groups is 1. The van der Waals surface area contributed by atoms with Crippen molar-refractivity contribution in [3.8, 4) is 0 Å². The molecule has 0 spiro atoms. The topological polar surface area (TPSA) is 91.3 Å². The summed E-state index contributed by atoms with van der Waals surface area (Å²) in [4.78, 5) is 22.7. The molecule has 2 unspecified atom stereocenters. The summed E-state index contributed by atoms with van der Waals surface area (Å²) < 4.78 is 34.8. The first-order valence-corrected chi connectivity index (χ1v) is 20.8. The van der Waals surface area contributed by atoms with Crippen LogP contribution in [0.3, 0.4) is 0 Å². The van der Waals surface area contributed by atoms with Crippen LogP contribution in [0.5, 0.6) is 0 Å². The Morgan fingerprint density at radius 2 is 1.00 bits per heavy atom. The summed E-state index contributed by atoms with van der Waals surface area (Å²) in [6, 6.07) is 0. The van der Waals surface area contributed by atoms with E-state index < -0.39 is 13.9 Å². The number of carbonyl (C=O) groups is 1. The number of hydrogen-bond donors (Lipinski definition) is 1. The zero-order valence-corrected chi connectivity index (χ0v) is 32.0. The highest BCUT2D eigenvalue weighted by Gasteiger charge is 2.26. The molecule has 2 atom stereocenters. The van der Waals surface area contributed by atoms with Crippen LogP contribution in [0, 0.1) is 0 Å². The highest BCUT2D eigenvalue weighted by molar-refractivity contribution is 7.47. The van der Waals surface area contributed by atoms with Crippen LogP contribution < -0.4 is 0 Å². The van der Waals surface area contributed by atoms with E-state index >= 15 is 0 Å². The van der Waals surface area contributed by atoms with Crippen LogP contribution in [0.4, 0.5) is 0 Å². The summed E-state index contributed by atoms with van der Waals surface area (Å²) in [5.41, 5.74) is 0. The molecule has 0 aromatic heterocycles. The number of likely N-dealkylation sites (N-methyl/N-ethyl adjacent to an activating group) is 1. The Balaban J connectivity index is 4.21. The van der Waals surface area contributed by atoms with Gasteiger partial charge in [-0.1, -0.05) is 155 Å². The van der Waals surface area contributed by atoms with Gasteiger partial charge in [-0.3, -0.25) is 13.8 Å².